The minimum absolute atomic E-state index is 0.0835. The minimum Gasteiger partial charge on any atom is -0.462 e. The van der Waals surface area contributed by atoms with Crippen LogP contribution in [-0.2, 0) is 28.6 Å². The topological polar surface area (TPSA) is 78.9 Å². The fourth-order valence-corrected chi connectivity index (χ4v) is 7.26. The molecule has 0 spiro atoms. The van der Waals surface area contributed by atoms with Crippen molar-refractivity contribution < 1.29 is 28.6 Å². The van der Waals surface area contributed by atoms with Crippen LogP contribution in [0.1, 0.15) is 258 Å². The lowest BCUT2D eigenvalue weighted by Gasteiger charge is -2.18. The van der Waals surface area contributed by atoms with E-state index in [2.05, 4.69) is 69.4 Å². The molecule has 0 heterocycles. The molecule has 60 heavy (non-hydrogen) atoms. The number of unbranched alkanes of at least 4 members (excludes halogenated alkanes) is 29. The predicted molar refractivity (Wildman–Crippen MR) is 256 cm³/mol. The van der Waals surface area contributed by atoms with Crippen molar-refractivity contribution in [2.75, 3.05) is 13.2 Å². The summed E-state index contributed by atoms with van der Waals surface area (Å²) in [6, 6.07) is 0. The molecule has 348 valence electrons. The Bertz CT molecular complexity index is 1060. The second-order valence-corrected chi connectivity index (χ2v) is 17.1. The number of carbonyl (C=O) groups excluding carboxylic acids is 3. The summed E-state index contributed by atoms with van der Waals surface area (Å²) >= 11 is 0. The molecule has 0 fully saturated rings. The number of hydrogen-bond acceptors (Lipinski definition) is 6. The molecular formula is C54H96O6. The van der Waals surface area contributed by atoms with Gasteiger partial charge < -0.3 is 14.2 Å². The molecule has 6 nitrogen and oxygen atoms in total. The van der Waals surface area contributed by atoms with Crippen LogP contribution in [0.3, 0.4) is 0 Å². The summed E-state index contributed by atoms with van der Waals surface area (Å²) in [5, 5.41) is 0. The highest BCUT2D eigenvalue weighted by molar-refractivity contribution is 5.71. The largest absolute Gasteiger partial charge is 0.462 e. The highest BCUT2D eigenvalue weighted by atomic mass is 16.6. The molecule has 0 aromatic rings. The number of allylic oxidation sites excluding steroid dienone is 8. The normalized spacial score (nSPS) is 12.4. The summed E-state index contributed by atoms with van der Waals surface area (Å²) in [5.74, 6) is -0.914. The monoisotopic (exact) mass is 841 g/mol. The van der Waals surface area contributed by atoms with E-state index in [1.807, 2.05) is 0 Å². The third kappa shape index (κ3) is 46.4. The van der Waals surface area contributed by atoms with Crippen molar-refractivity contribution in [3.8, 4) is 0 Å². The van der Waals surface area contributed by atoms with Crippen LogP contribution in [-0.4, -0.2) is 37.2 Å². The second-order valence-electron chi connectivity index (χ2n) is 17.1. The first-order valence-electron chi connectivity index (χ1n) is 25.7. The number of hydrogen-bond donors (Lipinski definition) is 0. The molecule has 0 bridgehead atoms. The Morgan fingerprint density at radius 3 is 1.07 bits per heavy atom. The Balaban J connectivity index is 4.40. The van der Waals surface area contributed by atoms with Crippen molar-refractivity contribution in [1.29, 1.82) is 0 Å². The van der Waals surface area contributed by atoms with E-state index in [1.165, 1.54) is 122 Å². The molecule has 0 aromatic carbocycles. The Morgan fingerprint density at radius 2 is 0.667 bits per heavy atom. The van der Waals surface area contributed by atoms with E-state index < -0.39 is 6.10 Å². The summed E-state index contributed by atoms with van der Waals surface area (Å²) in [5.41, 5.74) is 0. The van der Waals surface area contributed by atoms with Gasteiger partial charge in [-0.25, -0.2) is 0 Å². The molecule has 0 aliphatic carbocycles. The molecule has 1 atom stereocenters. The van der Waals surface area contributed by atoms with E-state index >= 15 is 0 Å². The molecule has 1 unspecified atom stereocenters. The van der Waals surface area contributed by atoms with Gasteiger partial charge >= 0.3 is 17.9 Å². The molecule has 0 amide bonds. The minimum atomic E-state index is -0.786. The lowest BCUT2D eigenvalue weighted by atomic mass is 10.0. The predicted octanol–water partition coefficient (Wildman–Crippen LogP) is 16.7. The van der Waals surface area contributed by atoms with Gasteiger partial charge in [0, 0.05) is 19.3 Å². The fraction of sp³-hybridized carbons (Fsp3) is 0.796. The molecule has 0 radical (unpaired) electrons. The van der Waals surface area contributed by atoms with Crippen LogP contribution in [0.15, 0.2) is 48.6 Å². The van der Waals surface area contributed by atoms with E-state index in [9.17, 15) is 14.4 Å². The fourth-order valence-electron chi connectivity index (χ4n) is 7.26. The van der Waals surface area contributed by atoms with Crippen LogP contribution >= 0.6 is 0 Å². The van der Waals surface area contributed by atoms with Gasteiger partial charge in [0.15, 0.2) is 6.10 Å². The summed E-state index contributed by atoms with van der Waals surface area (Å²) in [6.07, 6.45) is 58.1. The number of ether oxygens (including phenoxy) is 3. The number of carbonyl (C=O) groups is 3. The van der Waals surface area contributed by atoms with Gasteiger partial charge in [0.2, 0.25) is 0 Å². The molecule has 0 aliphatic rings. The lowest BCUT2D eigenvalue weighted by molar-refractivity contribution is -0.167. The first-order valence-corrected chi connectivity index (χ1v) is 25.7. The highest BCUT2D eigenvalue weighted by Crippen LogP contribution is 2.15. The third-order valence-corrected chi connectivity index (χ3v) is 11.1. The Hall–Kier alpha value is -2.63. The molecule has 0 saturated carbocycles. The van der Waals surface area contributed by atoms with E-state index in [0.29, 0.717) is 19.3 Å². The summed E-state index contributed by atoms with van der Waals surface area (Å²) in [6.45, 7) is 6.49. The van der Waals surface area contributed by atoms with Crippen LogP contribution < -0.4 is 0 Å². The summed E-state index contributed by atoms with van der Waals surface area (Å²) < 4.78 is 16.8. The lowest BCUT2D eigenvalue weighted by Crippen LogP contribution is -2.30. The molecule has 0 aromatic heterocycles. The van der Waals surface area contributed by atoms with Gasteiger partial charge in [0.1, 0.15) is 13.2 Å². The van der Waals surface area contributed by atoms with Crippen molar-refractivity contribution in [2.24, 2.45) is 0 Å². The summed E-state index contributed by atoms with van der Waals surface area (Å²) in [7, 11) is 0. The molecule has 6 heteroatoms. The van der Waals surface area contributed by atoms with Gasteiger partial charge in [-0.2, -0.15) is 0 Å². The highest BCUT2D eigenvalue weighted by Gasteiger charge is 2.19. The van der Waals surface area contributed by atoms with E-state index in [-0.39, 0.29) is 31.1 Å². The smallest absolute Gasteiger partial charge is 0.306 e. The molecule has 0 saturated heterocycles. The number of esters is 3. The zero-order valence-electron chi connectivity index (χ0n) is 39.7. The maximum absolute atomic E-state index is 12.8. The zero-order valence-corrected chi connectivity index (χ0v) is 39.7. The molecule has 0 N–H and O–H groups in total. The van der Waals surface area contributed by atoms with Crippen molar-refractivity contribution in [3.05, 3.63) is 48.6 Å². The van der Waals surface area contributed by atoms with Gasteiger partial charge in [-0.1, -0.05) is 223 Å². The van der Waals surface area contributed by atoms with Crippen molar-refractivity contribution >= 4 is 17.9 Å². The van der Waals surface area contributed by atoms with Gasteiger partial charge in [-0.15, -0.1) is 0 Å². The molecular weight excluding hydrogens is 745 g/mol. The number of rotatable bonds is 46. The van der Waals surface area contributed by atoms with Crippen molar-refractivity contribution in [3.63, 3.8) is 0 Å². The third-order valence-electron chi connectivity index (χ3n) is 11.1. The van der Waals surface area contributed by atoms with Crippen molar-refractivity contribution in [2.45, 2.75) is 264 Å². The maximum atomic E-state index is 12.8. The van der Waals surface area contributed by atoms with Crippen LogP contribution in [0.4, 0.5) is 0 Å². The van der Waals surface area contributed by atoms with Crippen molar-refractivity contribution in [1.82, 2.24) is 0 Å². The van der Waals surface area contributed by atoms with Gasteiger partial charge in [-0.05, 0) is 64.2 Å². The van der Waals surface area contributed by atoms with Gasteiger partial charge in [0.25, 0.3) is 0 Å². The SMILES string of the molecule is CC/C=C/C=C/C=C/CCCCCCCC(=O)OCC(COC(=O)CCCCCCCCCCCCCCCCC)OC(=O)CCCCC/C=C/CCCCCCCCC. The van der Waals surface area contributed by atoms with Crippen LogP contribution in [0.25, 0.3) is 0 Å². The first kappa shape index (κ1) is 57.4. The Kier molecular flexibility index (Phi) is 46.9. The first-order chi connectivity index (χ1) is 29.5. The maximum Gasteiger partial charge on any atom is 0.306 e. The van der Waals surface area contributed by atoms with Crippen LogP contribution in [0, 0.1) is 0 Å². The van der Waals surface area contributed by atoms with E-state index in [4.69, 9.17) is 14.2 Å². The van der Waals surface area contributed by atoms with Gasteiger partial charge in [0.05, 0.1) is 0 Å². The van der Waals surface area contributed by atoms with Crippen LogP contribution in [0.5, 0.6) is 0 Å². The average molecular weight is 841 g/mol. The van der Waals surface area contributed by atoms with E-state index in [1.54, 1.807) is 0 Å². The molecule has 0 rings (SSSR count). The summed E-state index contributed by atoms with van der Waals surface area (Å²) in [4.78, 5) is 37.9. The van der Waals surface area contributed by atoms with E-state index in [0.717, 1.165) is 96.3 Å². The average Bonchev–Trinajstić information content (AvgIpc) is 3.24. The van der Waals surface area contributed by atoms with Crippen LogP contribution in [0.2, 0.25) is 0 Å². The standard InChI is InChI=1S/C54H96O6/c1-4-7-10-13-16-19-22-25-27-30-32-35-38-41-44-47-53(56)59-50-51(49-58-52(55)46-43-40-37-34-31-28-24-21-18-15-12-9-6-3)60-54(57)48-45-42-39-36-33-29-26-23-20-17-14-11-8-5-2/h9,12,15,18,21,24,29,33,51H,4-8,10-11,13-14,16-17,19-20,22-23,25-28,30-32,34-50H2,1-3H3/b12-9+,18-15+,24-21+,33-29+. The van der Waals surface area contributed by atoms with Gasteiger partial charge in [-0.3, -0.25) is 14.4 Å². The second kappa shape index (κ2) is 49.0. The Morgan fingerprint density at radius 1 is 0.350 bits per heavy atom. The zero-order chi connectivity index (χ0) is 43.7. The quantitative estimate of drug-likeness (QED) is 0.0200. The Labute approximate surface area is 371 Å². The molecule has 0 aliphatic heterocycles.